The quantitative estimate of drug-likeness (QED) is 0.794. The molecule has 0 bridgehead atoms. The molecule has 2 aromatic rings. The van der Waals surface area contributed by atoms with Gasteiger partial charge in [0, 0.05) is 23.5 Å². The van der Waals surface area contributed by atoms with Gasteiger partial charge in [0.2, 0.25) is 0 Å². The van der Waals surface area contributed by atoms with Crippen molar-refractivity contribution >= 4 is 0 Å². The summed E-state index contributed by atoms with van der Waals surface area (Å²) in [5.74, 6) is -1.79. The first-order valence-electron chi connectivity index (χ1n) is 4.97. The van der Waals surface area contributed by atoms with E-state index < -0.39 is 11.6 Å². The Morgan fingerprint density at radius 1 is 1.24 bits per heavy atom. The van der Waals surface area contributed by atoms with Crippen molar-refractivity contribution in [3.05, 3.63) is 53.9 Å². The summed E-state index contributed by atoms with van der Waals surface area (Å²) in [6.07, 6.45) is 3.17. The molecule has 0 aliphatic rings. The van der Waals surface area contributed by atoms with Gasteiger partial charge >= 0.3 is 0 Å². The summed E-state index contributed by atoms with van der Waals surface area (Å²) in [6.45, 7) is 0. The number of benzene rings is 1. The van der Waals surface area contributed by atoms with Crippen LogP contribution in [0.15, 0.2) is 36.7 Å². The fourth-order valence-electron chi connectivity index (χ4n) is 1.55. The maximum absolute atomic E-state index is 13.5. The van der Waals surface area contributed by atoms with Crippen LogP contribution in [0.5, 0.6) is 0 Å². The van der Waals surface area contributed by atoms with E-state index in [4.69, 9.17) is 5.26 Å². The third-order valence-corrected chi connectivity index (χ3v) is 2.34. The Kier molecular flexibility index (Phi) is 3.10. The predicted molar refractivity (Wildman–Crippen MR) is 58.9 cm³/mol. The number of nitriles is 1. The first kappa shape index (κ1) is 11.2. The van der Waals surface area contributed by atoms with Crippen LogP contribution in [-0.2, 0) is 6.42 Å². The number of nitrogens with zero attached hydrogens (tertiary/aromatic N) is 2. The van der Waals surface area contributed by atoms with E-state index in [1.54, 1.807) is 6.07 Å². The maximum Gasteiger partial charge on any atom is 0.166 e. The van der Waals surface area contributed by atoms with Crippen LogP contribution in [-0.4, -0.2) is 4.98 Å². The maximum atomic E-state index is 13.5. The zero-order valence-electron chi connectivity index (χ0n) is 8.82. The van der Waals surface area contributed by atoms with E-state index in [0.29, 0.717) is 11.1 Å². The molecule has 2 rings (SSSR count). The van der Waals surface area contributed by atoms with Crippen LogP contribution in [0.4, 0.5) is 8.78 Å². The van der Waals surface area contributed by atoms with E-state index in [1.807, 2.05) is 6.07 Å². The fraction of sp³-hybridized carbons (Fsp3) is 0.0769. The molecule has 0 amide bonds. The van der Waals surface area contributed by atoms with Gasteiger partial charge < -0.3 is 0 Å². The van der Waals surface area contributed by atoms with Crippen molar-refractivity contribution in [1.29, 1.82) is 5.26 Å². The molecule has 0 fully saturated rings. The van der Waals surface area contributed by atoms with Crippen molar-refractivity contribution in [2.45, 2.75) is 6.42 Å². The average Bonchev–Trinajstić information content (AvgIpc) is 2.33. The molecular weight excluding hydrogens is 222 g/mol. The lowest BCUT2D eigenvalue weighted by molar-refractivity contribution is 0.511. The van der Waals surface area contributed by atoms with Crippen molar-refractivity contribution in [1.82, 2.24) is 4.98 Å². The summed E-state index contributed by atoms with van der Waals surface area (Å²) in [4.78, 5) is 3.91. The molecule has 0 spiro atoms. The Bertz CT molecular complexity index is 588. The lowest BCUT2D eigenvalue weighted by Crippen LogP contribution is -1.91. The van der Waals surface area contributed by atoms with Crippen LogP contribution in [0.1, 0.15) is 5.56 Å². The lowest BCUT2D eigenvalue weighted by Gasteiger charge is -2.04. The van der Waals surface area contributed by atoms with E-state index in [0.717, 1.165) is 6.07 Å². The van der Waals surface area contributed by atoms with Crippen LogP contribution in [0, 0.1) is 23.0 Å². The Morgan fingerprint density at radius 3 is 2.82 bits per heavy atom. The van der Waals surface area contributed by atoms with Crippen LogP contribution in [0.2, 0.25) is 0 Å². The summed E-state index contributed by atoms with van der Waals surface area (Å²) >= 11 is 0. The first-order valence-corrected chi connectivity index (χ1v) is 4.97. The standard InChI is InChI=1S/C13H8F2N2/c14-12-3-1-2-11(13(12)15)10-6-9(4-5-16)7-17-8-10/h1-3,6-8H,4H2. The molecular formula is C13H8F2N2. The van der Waals surface area contributed by atoms with Crippen LogP contribution in [0.3, 0.4) is 0 Å². The average molecular weight is 230 g/mol. The fourth-order valence-corrected chi connectivity index (χ4v) is 1.55. The molecule has 1 aromatic heterocycles. The molecule has 0 atom stereocenters. The third-order valence-electron chi connectivity index (χ3n) is 2.34. The number of rotatable bonds is 2. The van der Waals surface area contributed by atoms with E-state index in [9.17, 15) is 8.78 Å². The van der Waals surface area contributed by atoms with E-state index in [1.165, 1.54) is 24.5 Å². The number of hydrogen-bond acceptors (Lipinski definition) is 2. The molecule has 1 heterocycles. The van der Waals surface area contributed by atoms with E-state index >= 15 is 0 Å². The van der Waals surface area contributed by atoms with Crippen molar-refractivity contribution in [2.75, 3.05) is 0 Å². The monoisotopic (exact) mass is 230 g/mol. The molecule has 0 saturated heterocycles. The summed E-state index contributed by atoms with van der Waals surface area (Å²) in [7, 11) is 0. The topological polar surface area (TPSA) is 36.7 Å². The van der Waals surface area contributed by atoms with Gasteiger partial charge in [0.05, 0.1) is 12.5 Å². The van der Waals surface area contributed by atoms with Crippen LogP contribution < -0.4 is 0 Å². The van der Waals surface area contributed by atoms with Gasteiger partial charge in [-0.25, -0.2) is 8.78 Å². The first-order chi connectivity index (χ1) is 8.22. The second-order valence-corrected chi connectivity index (χ2v) is 3.52. The van der Waals surface area contributed by atoms with Crippen molar-refractivity contribution in [3.8, 4) is 17.2 Å². The molecule has 2 nitrogen and oxygen atoms in total. The number of pyridine rings is 1. The zero-order chi connectivity index (χ0) is 12.3. The van der Waals surface area contributed by atoms with Gasteiger partial charge in [-0.3, -0.25) is 4.98 Å². The van der Waals surface area contributed by atoms with Crippen LogP contribution >= 0.6 is 0 Å². The van der Waals surface area contributed by atoms with Gasteiger partial charge in [-0.15, -0.1) is 0 Å². The highest BCUT2D eigenvalue weighted by atomic mass is 19.2. The Labute approximate surface area is 97.2 Å². The highest BCUT2D eigenvalue weighted by Crippen LogP contribution is 2.24. The summed E-state index contributed by atoms with van der Waals surface area (Å²) in [5, 5.41) is 8.57. The second kappa shape index (κ2) is 4.71. The largest absolute Gasteiger partial charge is 0.264 e. The van der Waals surface area contributed by atoms with Crippen molar-refractivity contribution < 1.29 is 8.78 Å². The lowest BCUT2D eigenvalue weighted by atomic mass is 10.0. The smallest absolute Gasteiger partial charge is 0.166 e. The minimum Gasteiger partial charge on any atom is -0.264 e. The normalized spacial score (nSPS) is 9.94. The van der Waals surface area contributed by atoms with Crippen molar-refractivity contribution in [2.24, 2.45) is 0 Å². The van der Waals surface area contributed by atoms with Gasteiger partial charge in [0.1, 0.15) is 0 Å². The second-order valence-electron chi connectivity index (χ2n) is 3.52. The van der Waals surface area contributed by atoms with E-state index in [-0.39, 0.29) is 12.0 Å². The molecule has 0 saturated carbocycles. The Morgan fingerprint density at radius 2 is 2.06 bits per heavy atom. The third kappa shape index (κ3) is 2.28. The predicted octanol–water partition coefficient (Wildman–Crippen LogP) is 3.09. The molecule has 17 heavy (non-hydrogen) atoms. The van der Waals surface area contributed by atoms with Gasteiger partial charge in [-0.05, 0) is 17.7 Å². The van der Waals surface area contributed by atoms with E-state index in [2.05, 4.69) is 4.98 Å². The zero-order valence-corrected chi connectivity index (χ0v) is 8.82. The molecule has 0 radical (unpaired) electrons. The number of halogens is 2. The molecule has 0 N–H and O–H groups in total. The highest BCUT2D eigenvalue weighted by Gasteiger charge is 2.10. The number of hydrogen-bond donors (Lipinski definition) is 0. The summed E-state index contributed by atoms with van der Waals surface area (Å²) in [6, 6.07) is 7.59. The van der Waals surface area contributed by atoms with Crippen LogP contribution in [0.25, 0.3) is 11.1 Å². The minimum absolute atomic E-state index is 0.150. The molecule has 4 heteroatoms. The molecule has 84 valence electrons. The molecule has 0 aliphatic carbocycles. The molecule has 0 unspecified atom stereocenters. The minimum atomic E-state index is -0.900. The summed E-state index contributed by atoms with van der Waals surface area (Å²) in [5.41, 5.74) is 1.29. The van der Waals surface area contributed by atoms with Gasteiger partial charge in [0.15, 0.2) is 11.6 Å². The SMILES string of the molecule is N#CCc1cncc(-c2cccc(F)c2F)c1. The van der Waals surface area contributed by atoms with Gasteiger partial charge in [-0.1, -0.05) is 12.1 Å². The highest BCUT2D eigenvalue weighted by molar-refractivity contribution is 5.63. The summed E-state index contributed by atoms with van der Waals surface area (Å²) < 4.78 is 26.6. The van der Waals surface area contributed by atoms with Gasteiger partial charge in [-0.2, -0.15) is 5.26 Å². The molecule has 1 aromatic carbocycles. The number of aromatic nitrogens is 1. The Balaban J connectivity index is 2.50. The Hall–Kier alpha value is -2.28. The molecule has 0 aliphatic heterocycles. The van der Waals surface area contributed by atoms with Gasteiger partial charge in [0.25, 0.3) is 0 Å². The van der Waals surface area contributed by atoms with Crippen molar-refractivity contribution in [3.63, 3.8) is 0 Å².